The highest BCUT2D eigenvalue weighted by atomic mass is 32.1. The number of hydrogen-bond donors (Lipinski definition) is 1. The molecule has 3 aromatic rings. The first-order chi connectivity index (χ1) is 11.6. The number of benzene rings is 1. The van der Waals surface area contributed by atoms with Gasteiger partial charge in [-0.25, -0.2) is 4.39 Å². The third-order valence-corrected chi connectivity index (χ3v) is 4.81. The normalized spacial score (nSPS) is 10.9. The van der Waals surface area contributed by atoms with Crippen LogP contribution in [0.1, 0.15) is 28.9 Å². The van der Waals surface area contributed by atoms with E-state index < -0.39 is 0 Å². The first-order valence-corrected chi connectivity index (χ1v) is 8.42. The second kappa shape index (κ2) is 6.97. The number of carbonyl (C=O) groups excluding carboxylic acids is 2. The quantitative estimate of drug-likeness (QED) is 0.526. The van der Waals surface area contributed by atoms with Gasteiger partial charge in [0, 0.05) is 35.5 Å². The number of hydrogen-bond acceptors (Lipinski definition) is 4. The SMILES string of the molecule is COC(=O)CCCC(=O)c1cc(-c2c[nH]c3ccc(F)cc23)cs1. The van der Waals surface area contributed by atoms with Gasteiger partial charge in [0.05, 0.1) is 12.0 Å². The maximum absolute atomic E-state index is 13.5. The van der Waals surface area contributed by atoms with Crippen molar-refractivity contribution < 1.29 is 18.7 Å². The summed E-state index contributed by atoms with van der Waals surface area (Å²) in [5.74, 6) is -0.602. The fraction of sp³-hybridized carbons (Fsp3) is 0.222. The third-order valence-electron chi connectivity index (χ3n) is 3.84. The number of Topliss-reactive ketones (excluding diaryl/α,β-unsaturated/α-hetero) is 1. The summed E-state index contributed by atoms with van der Waals surface area (Å²) in [7, 11) is 1.33. The van der Waals surface area contributed by atoms with Gasteiger partial charge in [0.2, 0.25) is 0 Å². The fourth-order valence-electron chi connectivity index (χ4n) is 2.57. The number of halogens is 1. The molecule has 0 amide bonds. The maximum atomic E-state index is 13.5. The molecule has 0 bridgehead atoms. The van der Waals surface area contributed by atoms with Crippen LogP contribution in [-0.4, -0.2) is 23.8 Å². The lowest BCUT2D eigenvalue weighted by atomic mass is 10.1. The topological polar surface area (TPSA) is 59.2 Å². The van der Waals surface area contributed by atoms with Gasteiger partial charge in [-0.3, -0.25) is 9.59 Å². The molecule has 0 radical (unpaired) electrons. The van der Waals surface area contributed by atoms with Crippen molar-refractivity contribution in [2.75, 3.05) is 7.11 Å². The molecule has 124 valence electrons. The number of aromatic amines is 1. The molecule has 0 saturated heterocycles. The summed E-state index contributed by atoms with van der Waals surface area (Å²) >= 11 is 1.36. The maximum Gasteiger partial charge on any atom is 0.305 e. The Labute approximate surface area is 142 Å². The van der Waals surface area contributed by atoms with Crippen LogP contribution in [0, 0.1) is 5.82 Å². The standard InChI is InChI=1S/C18H16FNO3S/c1-23-18(22)4-2-3-16(21)17-7-11(10-24-17)14-9-20-15-6-5-12(19)8-13(14)15/h5-10,20H,2-4H2,1H3. The lowest BCUT2D eigenvalue weighted by molar-refractivity contribution is -0.140. The van der Waals surface area contributed by atoms with Gasteiger partial charge in [0.25, 0.3) is 0 Å². The molecule has 2 heterocycles. The molecule has 1 aromatic carbocycles. The highest BCUT2D eigenvalue weighted by Gasteiger charge is 2.14. The van der Waals surface area contributed by atoms with Gasteiger partial charge < -0.3 is 9.72 Å². The van der Waals surface area contributed by atoms with Gasteiger partial charge in [-0.15, -0.1) is 11.3 Å². The van der Waals surface area contributed by atoms with Gasteiger partial charge >= 0.3 is 5.97 Å². The van der Waals surface area contributed by atoms with E-state index in [0.29, 0.717) is 17.7 Å². The lowest BCUT2D eigenvalue weighted by Gasteiger charge is -1.98. The summed E-state index contributed by atoms with van der Waals surface area (Å²) in [6.45, 7) is 0. The Kier molecular flexibility index (Phi) is 4.76. The highest BCUT2D eigenvalue weighted by Crippen LogP contribution is 2.32. The van der Waals surface area contributed by atoms with Crippen LogP contribution in [0.2, 0.25) is 0 Å². The van der Waals surface area contributed by atoms with Crippen LogP contribution in [0.4, 0.5) is 4.39 Å². The van der Waals surface area contributed by atoms with E-state index in [1.165, 1.54) is 30.6 Å². The van der Waals surface area contributed by atoms with Gasteiger partial charge in [0.1, 0.15) is 5.82 Å². The van der Waals surface area contributed by atoms with E-state index in [4.69, 9.17) is 0 Å². The zero-order chi connectivity index (χ0) is 17.1. The summed E-state index contributed by atoms with van der Waals surface area (Å²) < 4.78 is 18.0. The predicted octanol–water partition coefficient (Wildman–Crippen LogP) is 4.56. The highest BCUT2D eigenvalue weighted by molar-refractivity contribution is 7.12. The minimum Gasteiger partial charge on any atom is -0.469 e. The Morgan fingerprint density at radius 3 is 2.88 bits per heavy atom. The lowest BCUT2D eigenvalue weighted by Crippen LogP contribution is -2.02. The van der Waals surface area contributed by atoms with Gasteiger partial charge in [0.15, 0.2) is 5.78 Å². The number of nitrogens with one attached hydrogen (secondary N) is 1. The van der Waals surface area contributed by atoms with E-state index in [2.05, 4.69) is 9.72 Å². The molecule has 0 spiro atoms. The zero-order valence-corrected chi connectivity index (χ0v) is 13.9. The number of ketones is 1. The van der Waals surface area contributed by atoms with Gasteiger partial charge in [-0.1, -0.05) is 0 Å². The van der Waals surface area contributed by atoms with Crippen molar-refractivity contribution in [2.45, 2.75) is 19.3 Å². The smallest absolute Gasteiger partial charge is 0.305 e. The molecular formula is C18H16FNO3S. The van der Waals surface area contributed by atoms with Gasteiger partial charge in [-0.05, 0) is 41.6 Å². The molecule has 0 aliphatic heterocycles. The van der Waals surface area contributed by atoms with Crippen molar-refractivity contribution in [3.63, 3.8) is 0 Å². The van der Waals surface area contributed by atoms with E-state index in [0.717, 1.165) is 22.0 Å². The predicted molar refractivity (Wildman–Crippen MR) is 91.8 cm³/mol. The zero-order valence-electron chi connectivity index (χ0n) is 13.1. The number of ether oxygens (including phenoxy) is 1. The van der Waals surface area contributed by atoms with Crippen LogP contribution < -0.4 is 0 Å². The molecule has 1 N–H and O–H groups in total. The number of esters is 1. The fourth-order valence-corrected chi connectivity index (χ4v) is 3.45. The van der Waals surface area contributed by atoms with Crippen LogP contribution in [0.5, 0.6) is 0 Å². The molecule has 2 aromatic heterocycles. The van der Waals surface area contributed by atoms with Crippen molar-refractivity contribution in [1.82, 2.24) is 4.98 Å². The Hall–Kier alpha value is -2.47. The van der Waals surface area contributed by atoms with Crippen molar-refractivity contribution in [1.29, 1.82) is 0 Å². The molecule has 0 fully saturated rings. The Morgan fingerprint density at radius 1 is 1.25 bits per heavy atom. The van der Waals surface area contributed by atoms with E-state index in [1.54, 1.807) is 6.07 Å². The molecule has 0 saturated carbocycles. The number of thiophene rings is 1. The van der Waals surface area contributed by atoms with Crippen molar-refractivity contribution in [2.24, 2.45) is 0 Å². The molecule has 3 rings (SSSR count). The molecule has 4 nitrogen and oxygen atoms in total. The number of carbonyl (C=O) groups is 2. The minimum atomic E-state index is -0.310. The first kappa shape index (κ1) is 16.4. The summed E-state index contributed by atoms with van der Waals surface area (Å²) in [5.41, 5.74) is 2.60. The van der Waals surface area contributed by atoms with Crippen molar-refractivity contribution in [3.8, 4) is 11.1 Å². The first-order valence-electron chi connectivity index (χ1n) is 7.54. The van der Waals surface area contributed by atoms with Crippen LogP contribution >= 0.6 is 11.3 Å². The Balaban J connectivity index is 1.76. The van der Waals surface area contributed by atoms with Crippen LogP contribution in [0.15, 0.2) is 35.8 Å². The number of aromatic nitrogens is 1. The molecule has 0 aliphatic rings. The molecule has 0 atom stereocenters. The van der Waals surface area contributed by atoms with Gasteiger partial charge in [-0.2, -0.15) is 0 Å². The number of methoxy groups -OCH3 is 1. The van der Waals surface area contributed by atoms with E-state index >= 15 is 0 Å². The number of H-pyrrole nitrogens is 1. The Morgan fingerprint density at radius 2 is 2.08 bits per heavy atom. The number of fused-ring (bicyclic) bond motifs is 1. The second-order valence-corrected chi connectivity index (χ2v) is 6.36. The van der Waals surface area contributed by atoms with E-state index in [-0.39, 0.29) is 24.0 Å². The molecule has 6 heteroatoms. The van der Waals surface area contributed by atoms with Crippen LogP contribution in [0.25, 0.3) is 22.0 Å². The third kappa shape index (κ3) is 3.38. The summed E-state index contributed by atoms with van der Waals surface area (Å²) in [5, 5.41) is 2.68. The Bertz CT molecular complexity index is 897. The van der Waals surface area contributed by atoms with E-state index in [1.807, 2.05) is 17.6 Å². The monoisotopic (exact) mass is 345 g/mol. The number of rotatable bonds is 6. The van der Waals surface area contributed by atoms with Crippen LogP contribution in [-0.2, 0) is 9.53 Å². The minimum absolute atomic E-state index is 0.00109. The van der Waals surface area contributed by atoms with Crippen molar-refractivity contribution >= 4 is 34.0 Å². The molecule has 0 aliphatic carbocycles. The average Bonchev–Trinajstić information content (AvgIpc) is 3.20. The van der Waals surface area contributed by atoms with Crippen LogP contribution in [0.3, 0.4) is 0 Å². The summed E-state index contributed by atoms with van der Waals surface area (Å²) in [6, 6.07) is 6.40. The van der Waals surface area contributed by atoms with Crippen molar-refractivity contribution in [3.05, 3.63) is 46.5 Å². The summed E-state index contributed by atoms with van der Waals surface area (Å²) in [6.07, 6.45) is 2.83. The summed E-state index contributed by atoms with van der Waals surface area (Å²) in [4.78, 5) is 27.0. The molecule has 24 heavy (non-hydrogen) atoms. The second-order valence-electron chi connectivity index (χ2n) is 5.44. The molecule has 0 unspecified atom stereocenters. The van der Waals surface area contributed by atoms with E-state index in [9.17, 15) is 14.0 Å². The molecular weight excluding hydrogens is 329 g/mol. The largest absolute Gasteiger partial charge is 0.469 e. The average molecular weight is 345 g/mol.